The summed E-state index contributed by atoms with van der Waals surface area (Å²) in [6.45, 7) is 11.1. The quantitative estimate of drug-likeness (QED) is 0.856. The van der Waals surface area contributed by atoms with Gasteiger partial charge in [0, 0.05) is 42.1 Å². The first-order valence-electron chi connectivity index (χ1n) is 6.63. The second-order valence-electron chi connectivity index (χ2n) is 6.81. The van der Waals surface area contributed by atoms with Crippen LogP contribution in [0.3, 0.4) is 0 Å². The van der Waals surface area contributed by atoms with Crippen molar-refractivity contribution in [3.8, 4) is 0 Å². The van der Waals surface area contributed by atoms with Crippen LogP contribution in [-0.4, -0.2) is 14.5 Å². The van der Waals surface area contributed by atoms with Crippen molar-refractivity contribution in [3.63, 3.8) is 0 Å². The molecule has 0 fully saturated rings. The van der Waals surface area contributed by atoms with E-state index in [2.05, 4.69) is 57.4 Å². The normalized spacial score (nSPS) is 12.9. The maximum atomic E-state index is 4.82. The number of hydrogen-bond donors (Lipinski definition) is 0. The van der Waals surface area contributed by atoms with Crippen molar-refractivity contribution >= 4 is 11.3 Å². The van der Waals surface area contributed by atoms with Gasteiger partial charge in [-0.05, 0) is 0 Å². The monoisotopic (exact) mass is 277 g/mol. The van der Waals surface area contributed by atoms with Crippen LogP contribution < -0.4 is 0 Å². The molecule has 0 aliphatic heterocycles. The molecule has 0 saturated heterocycles. The summed E-state index contributed by atoms with van der Waals surface area (Å²) in [4.78, 5) is 9.26. The highest BCUT2D eigenvalue weighted by Gasteiger charge is 2.27. The molecule has 0 radical (unpaired) electrons. The van der Waals surface area contributed by atoms with E-state index in [1.165, 1.54) is 5.01 Å². The molecule has 0 aliphatic carbocycles. The number of rotatable bonds is 3. The van der Waals surface area contributed by atoms with Gasteiger partial charge in [-0.1, -0.05) is 34.6 Å². The van der Waals surface area contributed by atoms with Gasteiger partial charge in [0.2, 0.25) is 0 Å². The predicted octanol–water partition coefficient (Wildman–Crippen LogP) is 3.69. The van der Waals surface area contributed by atoms with Crippen molar-refractivity contribution in [1.29, 1.82) is 0 Å². The molecule has 2 aromatic heterocycles. The second kappa shape index (κ2) is 4.75. The molecule has 0 bridgehead atoms. The van der Waals surface area contributed by atoms with Gasteiger partial charge in [0.05, 0.1) is 10.7 Å². The molecule has 0 atom stereocenters. The second-order valence-corrected chi connectivity index (χ2v) is 7.71. The zero-order valence-electron chi connectivity index (χ0n) is 12.7. The maximum Gasteiger partial charge on any atom is 0.114 e. The average molecular weight is 277 g/mol. The molecule has 0 aromatic carbocycles. The van der Waals surface area contributed by atoms with Gasteiger partial charge in [-0.3, -0.25) is 0 Å². The topological polar surface area (TPSA) is 30.7 Å². The first kappa shape index (κ1) is 14.3. The van der Waals surface area contributed by atoms with Crippen LogP contribution in [-0.2, 0) is 24.3 Å². The Bertz CT molecular complexity index is 544. The molecule has 2 aromatic rings. The molecule has 0 spiro atoms. The lowest BCUT2D eigenvalue weighted by molar-refractivity contribution is 0.504. The molecule has 0 amide bonds. The Morgan fingerprint density at radius 3 is 2.37 bits per heavy atom. The van der Waals surface area contributed by atoms with E-state index in [-0.39, 0.29) is 10.8 Å². The summed E-state index contributed by atoms with van der Waals surface area (Å²) in [7, 11) is 2.08. The Morgan fingerprint density at radius 2 is 1.89 bits per heavy atom. The van der Waals surface area contributed by atoms with Crippen LogP contribution >= 0.6 is 11.3 Å². The number of aromatic nitrogens is 3. The summed E-state index contributed by atoms with van der Waals surface area (Å²) in [5.74, 6) is 1.14. The first-order chi connectivity index (χ1) is 8.70. The molecular formula is C15H23N3S. The minimum atomic E-state index is 0.0394. The summed E-state index contributed by atoms with van der Waals surface area (Å²) < 4.78 is 2.15. The van der Waals surface area contributed by atoms with E-state index in [9.17, 15) is 0 Å². The van der Waals surface area contributed by atoms with E-state index in [0.717, 1.165) is 17.9 Å². The molecule has 0 unspecified atom stereocenters. The third kappa shape index (κ3) is 3.06. The van der Waals surface area contributed by atoms with E-state index < -0.39 is 0 Å². The van der Waals surface area contributed by atoms with Crippen LogP contribution in [0.2, 0.25) is 0 Å². The Morgan fingerprint density at radius 1 is 1.21 bits per heavy atom. The van der Waals surface area contributed by atoms with Crippen molar-refractivity contribution in [2.75, 3.05) is 0 Å². The predicted molar refractivity (Wildman–Crippen MR) is 80.8 cm³/mol. The van der Waals surface area contributed by atoms with Crippen molar-refractivity contribution in [3.05, 3.63) is 34.3 Å². The standard InChI is InChI=1S/C15H23N3S/c1-14(2,3)12-17-11(10-18(12)6)9-15(4,5)13-16-7-8-19-13/h7-8,10H,9H2,1-6H3. The maximum absolute atomic E-state index is 4.82. The number of nitrogens with zero attached hydrogens (tertiary/aromatic N) is 3. The van der Waals surface area contributed by atoms with Crippen LogP contribution in [0.4, 0.5) is 0 Å². The van der Waals surface area contributed by atoms with Crippen LogP contribution in [0.5, 0.6) is 0 Å². The van der Waals surface area contributed by atoms with Crippen molar-refractivity contribution < 1.29 is 0 Å². The molecule has 2 rings (SSSR count). The highest BCUT2D eigenvalue weighted by Crippen LogP contribution is 2.30. The molecule has 4 heteroatoms. The Labute approximate surface area is 119 Å². The third-order valence-electron chi connectivity index (χ3n) is 3.23. The Kier molecular flexibility index (Phi) is 3.56. The molecular weight excluding hydrogens is 254 g/mol. The van der Waals surface area contributed by atoms with Gasteiger partial charge in [-0.2, -0.15) is 0 Å². The fraction of sp³-hybridized carbons (Fsp3) is 0.600. The van der Waals surface area contributed by atoms with Gasteiger partial charge in [0.1, 0.15) is 5.82 Å². The van der Waals surface area contributed by atoms with Gasteiger partial charge in [-0.25, -0.2) is 9.97 Å². The number of imidazole rings is 1. The highest BCUT2D eigenvalue weighted by molar-refractivity contribution is 7.09. The smallest absolute Gasteiger partial charge is 0.114 e. The first-order valence-corrected chi connectivity index (χ1v) is 7.51. The minimum Gasteiger partial charge on any atom is -0.337 e. The van der Waals surface area contributed by atoms with Crippen LogP contribution in [0.15, 0.2) is 17.8 Å². The zero-order chi connectivity index (χ0) is 14.3. The lowest BCUT2D eigenvalue weighted by atomic mass is 9.89. The summed E-state index contributed by atoms with van der Waals surface area (Å²) in [6, 6.07) is 0. The summed E-state index contributed by atoms with van der Waals surface area (Å²) in [6.07, 6.45) is 4.95. The lowest BCUT2D eigenvalue weighted by Gasteiger charge is -2.20. The molecule has 2 heterocycles. The van der Waals surface area contributed by atoms with Crippen molar-refractivity contribution in [2.24, 2.45) is 7.05 Å². The van der Waals surface area contributed by atoms with E-state index in [4.69, 9.17) is 4.98 Å². The van der Waals surface area contributed by atoms with E-state index in [1.54, 1.807) is 11.3 Å². The lowest BCUT2D eigenvalue weighted by Crippen LogP contribution is -2.21. The number of thiazole rings is 1. The van der Waals surface area contributed by atoms with Crippen LogP contribution in [0, 0.1) is 0 Å². The Hall–Kier alpha value is -1.16. The van der Waals surface area contributed by atoms with Crippen molar-refractivity contribution in [2.45, 2.75) is 51.9 Å². The van der Waals surface area contributed by atoms with Crippen LogP contribution in [0.1, 0.15) is 51.1 Å². The number of aryl methyl sites for hydroxylation is 1. The van der Waals surface area contributed by atoms with Crippen molar-refractivity contribution in [1.82, 2.24) is 14.5 Å². The summed E-state index contributed by atoms with van der Waals surface area (Å²) in [5.41, 5.74) is 1.27. The molecule has 0 N–H and O–H groups in total. The SMILES string of the molecule is Cn1cc(CC(C)(C)c2nccs2)nc1C(C)(C)C. The largest absolute Gasteiger partial charge is 0.337 e. The molecule has 19 heavy (non-hydrogen) atoms. The molecule has 104 valence electrons. The minimum absolute atomic E-state index is 0.0394. The van der Waals surface area contributed by atoms with Gasteiger partial charge >= 0.3 is 0 Å². The van der Waals surface area contributed by atoms with Gasteiger partial charge in [-0.15, -0.1) is 11.3 Å². The summed E-state index contributed by atoms with van der Waals surface area (Å²) in [5, 5.41) is 3.21. The van der Waals surface area contributed by atoms with Gasteiger partial charge in [0.25, 0.3) is 0 Å². The average Bonchev–Trinajstić information content (AvgIpc) is 2.85. The van der Waals surface area contributed by atoms with Gasteiger partial charge < -0.3 is 4.57 Å². The summed E-state index contributed by atoms with van der Waals surface area (Å²) >= 11 is 1.72. The van der Waals surface area contributed by atoms with Gasteiger partial charge in [0.15, 0.2) is 0 Å². The number of hydrogen-bond acceptors (Lipinski definition) is 3. The van der Waals surface area contributed by atoms with E-state index in [0.29, 0.717) is 0 Å². The third-order valence-corrected chi connectivity index (χ3v) is 4.37. The Balaban J connectivity index is 2.25. The fourth-order valence-corrected chi connectivity index (χ4v) is 3.16. The molecule has 0 saturated carbocycles. The fourth-order valence-electron chi connectivity index (χ4n) is 2.40. The molecule has 0 aliphatic rings. The van der Waals surface area contributed by atoms with E-state index >= 15 is 0 Å². The van der Waals surface area contributed by atoms with Crippen LogP contribution in [0.25, 0.3) is 0 Å². The molecule has 3 nitrogen and oxygen atoms in total. The zero-order valence-corrected chi connectivity index (χ0v) is 13.5. The van der Waals surface area contributed by atoms with E-state index in [1.807, 2.05) is 11.6 Å². The highest BCUT2D eigenvalue weighted by atomic mass is 32.1.